The van der Waals surface area contributed by atoms with E-state index in [1.807, 2.05) is 12.1 Å². The van der Waals surface area contributed by atoms with Crippen molar-refractivity contribution in [3.63, 3.8) is 0 Å². The number of carbonyl (C=O) groups excluding carboxylic acids is 1. The minimum atomic E-state index is 0.317. The van der Waals surface area contributed by atoms with Crippen molar-refractivity contribution in [3.05, 3.63) is 29.8 Å². The van der Waals surface area contributed by atoms with E-state index in [0.29, 0.717) is 23.2 Å². The number of likely N-dealkylation sites (tertiary alicyclic amines) is 1. The van der Waals surface area contributed by atoms with Gasteiger partial charge < -0.3 is 15.0 Å². The van der Waals surface area contributed by atoms with Gasteiger partial charge in [0, 0.05) is 19.0 Å². The van der Waals surface area contributed by atoms with Gasteiger partial charge in [-0.2, -0.15) is 0 Å². The molecule has 1 spiro atoms. The van der Waals surface area contributed by atoms with Gasteiger partial charge in [0.1, 0.15) is 5.75 Å². The molecule has 1 saturated carbocycles. The standard InChI is InChI=1S/C20H28N2O2/c1-24-17-4-2-15(3-5-17)16-6-12-22(13-7-16)19(23)18-14-20(18)8-10-21-11-9-20/h2-5,16,18,21H,6-14H2,1H3. The number of nitrogens with one attached hydrogen (secondary N) is 1. The number of amides is 1. The van der Waals surface area contributed by atoms with Gasteiger partial charge in [0.25, 0.3) is 0 Å². The maximum absolute atomic E-state index is 12.8. The van der Waals surface area contributed by atoms with Crippen LogP contribution < -0.4 is 10.1 Å². The molecule has 0 bridgehead atoms. The second-order valence-electron chi connectivity index (χ2n) is 7.74. The zero-order chi connectivity index (χ0) is 16.6. The third-order valence-electron chi connectivity index (χ3n) is 6.48. The third kappa shape index (κ3) is 2.92. The first-order chi connectivity index (χ1) is 11.7. The number of carbonyl (C=O) groups is 1. The van der Waals surface area contributed by atoms with Crippen LogP contribution in [0.1, 0.15) is 43.6 Å². The van der Waals surface area contributed by atoms with Crippen molar-refractivity contribution in [1.29, 1.82) is 0 Å². The smallest absolute Gasteiger partial charge is 0.226 e. The maximum Gasteiger partial charge on any atom is 0.226 e. The van der Waals surface area contributed by atoms with E-state index < -0.39 is 0 Å². The summed E-state index contributed by atoms with van der Waals surface area (Å²) in [4.78, 5) is 15.0. The molecule has 130 valence electrons. The lowest BCUT2D eigenvalue weighted by Gasteiger charge is -2.33. The van der Waals surface area contributed by atoms with Gasteiger partial charge in [-0.05, 0) is 74.2 Å². The van der Waals surface area contributed by atoms with Crippen molar-refractivity contribution in [2.75, 3.05) is 33.3 Å². The van der Waals surface area contributed by atoms with E-state index in [9.17, 15) is 4.79 Å². The summed E-state index contributed by atoms with van der Waals surface area (Å²) in [6.07, 6.45) is 5.67. The third-order valence-corrected chi connectivity index (χ3v) is 6.48. The van der Waals surface area contributed by atoms with Crippen LogP contribution in [0, 0.1) is 11.3 Å². The van der Waals surface area contributed by atoms with Crippen molar-refractivity contribution in [2.24, 2.45) is 11.3 Å². The lowest BCUT2D eigenvalue weighted by Crippen LogP contribution is -2.40. The Labute approximate surface area is 144 Å². The van der Waals surface area contributed by atoms with E-state index >= 15 is 0 Å². The summed E-state index contributed by atoms with van der Waals surface area (Å²) in [5.41, 5.74) is 1.74. The number of ether oxygens (including phenoxy) is 1. The number of hydrogen-bond donors (Lipinski definition) is 1. The number of nitrogens with zero attached hydrogens (tertiary/aromatic N) is 1. The second-order valence-corrected chi connectivity index (χ2v) is 7.74. The van der Waals surface area contributed by atoms with Gasteiger partial charge in [-0.25, -0.2) is 0 Å². The topological polar surface area (TPSA) is 41.6 Å². The maximum atomic E-state index is 12.8. The molecular weight excluding hydrogens is 300 g/mol. The predicted molar refractivity (Wildman–Crippen MR) is 94.2 cm³/mol. The molecule has 1 unspecified atom stereocenters. The minimum Gasteiger partial charge on any atom is -0.497 e. The summed E-state index contributed by atoms with van der Waals surface area (Å²) in [7, 11) is 1.70. The summed E-state index contributed by atoms with van der Waals surface area (Å²) >= 11 is 0. The number of methoxy groups -OCH3 is 1. The molecule has 3 fully saturated rings. The van der Waals surface area contributed by atoms with E-state index in [1.165, 1.54) is 18.4 Å². The Morgan fingerprint density at radius 2 is 1.83 bits per heavy atom. The molecule has 2 heterocycles. The van der Waals surface area contributed by atoms with Crippen molar-refractivity contribution in [2.45, 2.75) is 38.0 Å². The van der Waals surface area contributed by atoms with Crippen molar-refractivity contribution < 1.29 is 9.53 Å². The van der Waals surface area contributed by atoms with Crippen LogP contribution in [0.3, 0.4) is 0 Å². The predicted octanol–water partition coefficient (Wildman–Crippen LogP) is 2.79. The van der Waals surface area contributed by atoms with Crippen LogP contribution in [-0.4, -0.2) is 44.1 Å². The van der Waals surface area contributed by atoms with E-state index in [-0.39, 0.29) is 0 Å². The van der Waals surface area contributed by atoms with Crippen LogP contribution in [0.2, 0.25) is 0 Å². The molecule has 1 amide bonds. The van der Waals surface area contributed by atoms with E-state index in [4.69, 9.17) is 4.74 Å². The van der Waals surface area contributed by atoms with Crippen molar-refractivity contribution >= 4 is 5.91 Å². The van der Waals surface area contributed by atoms with Gasteiger partial charge in [-0.15, -0.1) is 0 Å². The lowest BCUT2D eigenvalue weighted by molar-refractivity contribution is -0.134. The largest absolute Gasteiger partial charge is 0.497 e. The molecule has 0 aromatic heterocycles. The molecule has 24 heavy (non-hydrogen) atoms. The highest BCUT2D eigenvalue weighted by Crippen LogP contribution is 2.59. The molecule has 4 rings (SSSR count). The summed E-state index contributed by atoms with van der Waals surface area (Å²) in [5, 5.41) is 3.42. The number of piperidine rings is 2. The SMILES string of the molecule is COc1ccc(C2CCN(C(=O)C3CC34CCNCC4)CC2)cc1. The van der Waals surface area contributed by atoms with Crippen LogP contribution in [0.15, 0.2) is 24.3 Å². The van der Waals surface area contributed by atoms with Crippen LogP contribution in [-0.2, 0) is 4.79 Å². The molecule has 1 aromatic rings. The zero-order valence-electron chi connectivity index (χ0n) is 14.6. The van der Waals surface area contributed by atoms with Gasteiger partial charge in [0.05, 0.1) is 7.11 Å². The van der Waals surface area contributed by atoms with E-state index in [0.717, 1.165) is 51.2 Å². The summed E-state index contributed by atoms with van der Waals surface area (Å²) < 4.78 is 5.24. The van der Waals surface area contributed by atoms with Gasteiger partial charge >= 0.3 is 0 Å². The van der Waals surface area contributed by atoms with Crippen LogP contribution >= 0.6 is 0 Å². The lowest BCUT2D eigenvalue weighted by atomic mass is 9.88. The first kappa shape index (κ1) is 15.9. The molecule has 4 heteroatoms. The highest BCUT2D eigenvalue weighted by atomic mass is 16.5. The molecule has 0 radical (unpaired) electrons. The van der Waals surface area contributed by atoms with Gasteiger partial charge in [0.2, 0.25) is 5.91 Å². The Morgan fingerprint density at radius 3 is 2.46 bits per heavy atom. The fourth-order valence-corrected chi connectivity index (χ4v) is 4.70. The number of hydrogen-bond acceptors (Lipinski definition) is 3. The van der Waals surface area contributed by atoms with Crippen LogP contribution in [0.25, 0.3) is 0 Å². The van der Waals surface area contributed by atoms with Crippen LogP contribution in [0.4, 0.5) is 0 Å². The quantitative estimate of drug-likeness (QED) is 0.928. The number of benzene rings is 1. The van der Waals surface area contributed by atoms with Gasteiger partial charge in [-0.1, -0.05) is 12.1 Å². The second kappa shape index (κ2) is 6.40. The average Bonchev–Trinajstić information content (AvgIpc) is 3.34. The van der Waals surface area contributed by atoms with Crippen molar-refractivity contribution in [1.82, 2.24) is 10.2 Å². The molecule has 1 N–H and O–H groups in total. The van der Waals surface area contributed by atoms with E-state index in [2.05, 4.69) is 22.3 Å². The van der Waals surface area contributed by atoms with Crippen LogP contribution in [0.5, 0.6) is 5.75 Å². The molecule has 1 atom stereocenters. The molecule has 4 nitrogen and oxygen atoms in total. The molecule has 2 aliphatic heterocycles. The van der Waals surface area contributed by atoms with Gasteiger partial charge in [0.15, 0.2) is 0 Å². The molecular formula is C20H28N2O2. The first-order valence-electron chi connectivity index (χ1n) is 9.35. The highest BCUT2D eigenvalue weighted by molar-refractivity contribution is 5.83. The first-order valence-corrected chi connectivity index (χ1v) is 9.35. The normalized spacial score (nSPS) is 26.4. The highest BCUT2D eigenvalue weighted by Gasteiger charge is 2.58. The zero-order valence-corrected chi connectivity index (χ0v) is 14.6. The monoisotopic (exact) mass is 328 g/mol. The Hall–Kier alpha value is -1.55. The molecule has 1 aromatic carbocycles. The summed E-state index contributed by atoms with van der Waals surface area (Å²) in [6.45, 7) is 4.01. The summed E-state index contributed by atoms with van der Waals surface area (Å²) in [6, 6.07) is 8.42. The van der Waals surface area contributed by atoms with E-state index in [1.54, 1.807) is 7.11 Å². The molecule has 3 aliphatic rings. The fourth-order valence-electron chi connectivity index (χ4n) is 4.70. The molecule has 2 saturated heterocycles. The molecule has 1 aliphatic carbocycles. The Morgan fingerprint density at radius 1 is 1.17 bits per heavy atom. The Kier molecular flexibility index (Phi) is 4.25. The average molecular weight is 328 g/mol. The van der Waals surface area contributed by atoms with Crippen molar-refractivity contribution in [3.8, 4) is 5.75 Å². The fraction of sp³-hybridized carbons (Fsp3) is 0.650. The Balaban J connectivity index is 1.32. The summed E-state index contributed by atoms with van der Waals surface area (Å²) in [5.74, 6) is 2.24. The number of rotatable bonds is 3. The van der Waals surface area contributed by atoms with Gasteiger partial charge in [-0.3, -0.25) is 4.79 Å². The Bertz CT molecular complexity index is 584. The minimum absolute atomic E-state index is 0.317.